The number of aromatic nitrogens is 1. The van der Waals surface area contributed by atoms with Crippen molar-refractivity contribution in [1.82, 2.24) is 5.16 Å². The molecule has 3 nitrogen and oxygen atoms in total. The Bertz CT molecular complexity index is 812. The summed E-state index contributed by atoms with van der Waals surface area (Å²) in [4.78, 5) is 0. The molecular formula is C16H11ClFNO2. The summed E-state index contributed by atoms with van der Waals surface area (Å²) < 4.78 is 24.6. The lowest BCUT2D eigenvalue weighted by Crippen LogP contribution is -1.84. The van der Waals surface area contributed by atoms with Crippen LogP contribution in [-0.4, -0.2) is 12.3 Å². The maximum Gasteiger partial charge on any atom is 0.189 e. The fraction of sp³-hybridized carbons (Fsp3) is 0.0625. The summed E-state index contributed by atoms with van der Waals surface area (Å²) in [6, 6.07) is 12.5. The second-order valence-corrected chi connectivity index (χ2v) is 4.77. The summed E-state index contributed by atoms with van der Waals surface area (Å²) in [7, 11) is 1.50. The van der Waals surface area contributed by atoms with E-state index in [1.165, 1.54) is 13.2 Å². The van der Waals surface area contributed by atoms with Crippen LogP contribution in [0.5, 0.6) is 5.75 Å². The molecular weight excluding hydrogens is 293 g/mol. The monoisotopic (exact) mass is 303 g/mol. The maximum absolute atomic E-state index is 14.4. The average molecular weight is 304 g/mol. The normalized spacial score (nSPS) is 11.9. The zero-order valence-corrected chi connectivity index (χ0v) is 11.9. The Hall–Kier alpha value is -2.33. The lowest BCUT2D eigenvalue weighted by molar-refractivity contribution is 0.412. The molecule has 0 bridgehead atoms. The first kappa shape index (κ1) is 13.6. The molecule has 0 radical (unpaired) electrons. The quantitative estimate of drug-likeness (QED) is 0.686. The lowest BCUT2D eigenvalue weighted by atomic mass is 10.1. The average Bonchev–Trinajstić information content (AvgIpc) is 2.93. The Labute approximate surface area is 125 Å². The lowest BCUT2D eigenvalue weighted by Gasteiger charge is -2.01. The largest absolute Gasteiger partial charge is 0.495 e. The number of benzene rings is 2. The Morgan fingerprint density at radius 1 is 1.24 bits per heavy atom. The Morgan fingerprint density at radius 3 is 2.71 bits per heavy atom. The Kier molecular flexibility index (Phi) is 3.62. The number of methoxy groups -OCH3 is 1. The molecule has 0 aliphatic rings. The SMILES string of the molecule is COc1ccc2c(/C(F)=C\c3ccccc3)noc2c1Cl. The number of ether oxygens (including phenoxy) is 1. The second kappa shape index (κ2) is 5.58. The molecule has 0 atom stereocenters. The van der Waals surface area contributed by atoms with E-state index >= 15 is 0 Å². The van der Waals surface area contributed by atoms with Gasteiger partial charge in [0.25, 0.3) is 0 Å². The van der Waals surface area contributed by atoms with Crippen molar-refractivity contribution >= 4 is 34.5 Å². The molecule has 0 aliphatic heterocycles. The fourth-order valence-corrected chi connectivity index (χ4v) is 2.32. The van der Waals surface area contributed by atoms with Crippen LogP contribution in [0.4, 0.5) is 4.39 Å². The third-order valence-electron chi connectivity index (χ3n) is 3.08. The fourth-order valence-electron chi connectivity index (χ4n) is 2.05. The molecule has 5 heteroatoms. The summed E-state index contributed by atoms with van der Waals surface area (Å²) in [5.41, 5.74) is 1.17. The molecule has 0 saturated heterocycles. The van der Waals surface area contributed by atoms with Gasteiger partial charge in [-0.3, -0.25) is 0 Å². The first-order valence-corrected chi connectivity index (χ1v) is 6.63. The molecule has 3 rings (SSSR count). The summed E-state index contributed by atoms with van der Waals surface area (Å²) in [6.07, 6.45) is 1.40. The number of fused-ring (bicyclic) bond motifs is 1. The van der Waals surface area contributed by atoms with Gasteiger partial charge in [-0.05, 0) is 23.8 Å². The van der Waals surface area contributed by atoms with Crippen LogP contribution in [0.2, 0.25) is 5.02 Å². The molecule has 0 spiro atoms. The summed E-state index contributed by atoms with van der Waals surface area (Å²) in [5.74, 6) is -0.0273. The summed E-state index contributed by atoms with van der Waals surface area (Å²) in [5, 5.41) is 4.55. The van der Waals surface area contributed by atoms with E-state index in [1.807, 2.05) is 18.2 Å². The summed E-state index contributed by atoms with van der Waals surface area (Å²) in [6.45, 7) is 0. The van der Waals surface area contributed by atoms with Gasteiger partial charge in [0.05, 0.1) is 12.5 Å². The number of nitrogens with zero attached hydrogens (tertiary/aromatic N) is 1. The third-order valence-corrected chi connectivity index (χ3v) is 3.44. The van der Waals surface area contributed by atoms with E-state index in [1.54, 1.807) is 24.3 Å². The van der Waals surface area contributed by atoms with Crippen molar-refractivity contribution in [2.75, 3.05) is 7.11 Å². The predicted molar refractivity (Wildman–Crippen MR) is 81.0 cm³/mol. The molecule has 0 fully saturated rings. The summed E-state index contributed by atoms with van der Waals surface area (Å²) >= 11 is 6.12. The number of hydrogen-bond donors (Lipinski definition) is 0. The minimum Gasteiger partial charge on any atom is -0.495 e. The van der Waals surface area contributed by atoms with Gasteiger partial charge in [-0.15, -0.1) is 0 Å². The van der Waals surface area contributed by atoms with Crippen molar-refractivity contribution in [3.05, 3.63) is 58.7 Å². The van der Waals surface area contributed by atoms with E-state index in [0.29, 0.717) is 16.7 Å². The van der Waals surface area contributed by atoms with Crippen molar-refractivity contribution in [2.24, 2.45) is 0 Å². The molecule has 0 N–H and O–H groups in total. The van der Waals surface area contributed by atoms with Gasteiger partial charge in [0.1, 0.15) is 16.5 Å². The van der Waals surface area contributed by atoms with E-state index in [2.05, 4.69) is 5.16 Å². The molecule has 1 heterocycles. The van der Waals surface area contributed by atoms with Gasteiger partial charge in [0.15, 0.2) is 11.4 Å². The van der Waals surface area contributed by atoms with E-state index in [4.69, 9.17) is 20.9 Å². The number of hydrogen-bond acceptors (Lipinski definition) is 3. The molecule has 21 heavy (non-hydrogen) atoms. The molecule has 3 aromatic rings. The number of rotatable bonds is 3. The van der Waals surface area contributed by atoms with Gasteiger partial charge >= 0.3 is 0 Å². The van der Waals surface area contributed by atoms with Crippen LogP contribution in [0, 0.1) is 0 Å². The highest BCUT2D eigenvalue weighted by Gasteiger charge is 2.17. The molecule has 0 amide bonds. The zero-order chi connectivity index (χ0) is 14.8. The smallest absolute Gasteiger partial charge is 0.189 e. The van der Waals surface area contributed by atoms with Crippen molar-refractivity contribution in [3.63, 3.8) is 0 Å². The van der Waals surface area contributed by atoms with Crippen molar-refractivity contribution in [3.8, 4) is 5.75 Å². The number of halogens is 2. The standard InChI is InChI=1S/C16H11ClFNO2/c1-20-13-8-7-11-15(19-21-16(11)14(13)17)12(18)9-10-5-3-2-4-6-10/h2-9H,1H3/b12-9+. The minimum absolute atomic E-state index is 0.124. The van der Waals surface area contributed by atoms with Gasteiger partial charge in [-0.25, -0.2) is 4.39 Å². The van der Waals surface area contributed by atoms with Gasteiger partial charge in [-0.1, -0.05) is 47.1 Å². The second-order valence-electron chi connectivity index (χ2n) is 4.39. The van der Waals surface area contributed by atoms with Crippen molar-refractivity contribution in [2.45, 2.75) is 0 Å². The molecule has 1 aromatic heterocycles. The van der Waals surface area contributed by atoms with Crippen molar-refractivity contribution < 1.29 is 13.7 Å². The van der Waals surface area contributed by atoms with Crippen LogP contribution < -0.4 is 4.74 Å². The topological polar surface area (TPSA) is 35.3 Å². The zero-order valence-electron chi connectivity index (χ0n) is 11.1. The van der Waals surface area contributed by atoms with E-state index in [-0.39, 0.29) is 10.7 Å². The van der Waals surface area contributed by atoms with Gasteiger partial charge in [-0.2, -0.15) is 0 Å². The van der Waals surface area contributed by atoms with Crippen LogP contribution in [0.1, 0.15) is 11.3 Å². The van der Waals surface area contributed by atoms with E-state index in [0.717, 1.165) is 5.56 Å². The van der Waals surface area contributed by atoms with Crippen LogP contribution in [-0.2, 0) is 0 Å². The molecule has 2 aromatic carbocycles. The van der Waals surface area contributed by atoms with E-state index in [9.17, 15) is 4.39 Å². The van der Waals surface area contributed by atoms with Crippen LogP contribution in [0.25, 0.3) is 22.9 Å². The highest BCUT2D eigenvalue weighted by atomic mass is 35.5. The van der Waals surface area contributed by atoms with E-state index < -0.39 is 5.83 Å². The Balaban J connectivity index is 2.09. The van der Waals surface area contributed by atoms with Gasteiger partial charge in [0.2, 0.25) is 0 Å². The first-order chi connectivity index (χ1) is 10.2. The van der Waals surface area contributed by atoms with Gasteiger partial charge < -0.3 is 9.26 Å². The Morgan fingerprint density at radius 2 is 2.00 bits per heavy atom. The van der Waals surface area contributed by atoms with Crippen LogP contribution in [0.15, 0.2) is 47.0 Å². The maximum atomic E-state index is 14.4. The molecule has 0 aliphatic carbocycles. The van der Waals surface area contributed by atoms with Crippen LogP contribution in [0.3, 0.4) is 0 Å². The van der Waals surface area contributed by atoms with Gasteiger partial charge in [0, 0.05) is 0 Å². The minimum atomic E-state index is -0.485. The predicted octanol–water partition coefficient (Wildman–Crippen LogP) is 4.96. The molecule has 0 unspecified atom stereocenters. The highest BCUT2D eigenvalue weighted by molar-refractivity contribution is 6.36. The molecule has 0 saturated carbocycles. The first-order valence-electron chi connectivity index (χ1n) is 6.25. The van der Waals surface area contributed by atoms with Crippen LogP contribution >= 0.6 is 11.6 Å². The molecule has 106 valence electrons. The third kappa shape index (κ3) is 2.50. The van der Waals surface area contributed by atoms with Crippen molar-refractivity contribution in [1.29, 1.82) is 0 Å². The highest BCUT2D eigenvalue weighted by Crippen LogP contribution is 2.36.